The highest BCUT2D eigenvalue weighted by atomic mass is 28.4. The van der Waals surface area contributed by atoms with Crippen molar-refractivity contribution in [1.29, 1.82) is 0 Å². The average molecular weight is 248 g/mol. The number of epoxide rings is 1. The van der Waals surface area contributed by atoms with Crippen LogP contribution in [0.1, 0.15) is 6.42 Å². The molecule has 0 bridgehead atoms. The van der Waals surface area contributed by atoms with E-state index >= 15 is 0 Å². The van der Waals surface area contributed by atoms with Gasteiger partial charge in [-0.25, -0.2) is 0 Å². The summed E-state index contributed by atoms with van der Waals surface area (Å²) < 4.78 is 16.7. The van der Waals surface area contributed by atoms with Gasteiger partial charge in [-0.2, -0.15) is 0 Å². The second-order valence-electron chi connectivity index (χ2n) is 5.06. The van der Waals surface area contributed by atoms with Gasteiger partial charge in [-0.1, -0.05) is 0 Å². The summed E-state index contributed by atoms with van der Waals surface area (Å²) in [6.07, 6.45) is 1.53. The molecule has 1 rings (SSSR count). The number of rotatable bonds is 8. The summed E-state index contributed by atoms with van der Waals surface area (Å²) in [6, 6.07) is 1.21. The van der Waals surface area contributed by atoms with Gasteiger partial charge in [-0.05, 0) is 38.7 Å². The second kappa shape index (κ2) is 6.15. The lowest BCUT2D eigenvalue weighted by molar-refractivity contribution is 0.116. The molecule has 0 radical (unpaired) electrons. The first kappa shape index (κ1) is 13.4. The van der Waals surface area contributed by atoms with E-state index in [-0.39, 0.29) is 0 Å². The van der Waals surface area contributed by atoms with Crippen molar-refractivity contribution in [2.24, 2.45) is 0 Å². The summed E-state index contributed by atoms with van der Waals surface area (Å²) in [4.78, 5) is 0. The van der Waals surface area contributed by atoms with Crippen LogP contribution in [0.2, 0.25) is 32.2 Å². The van der Waals surface area contributed by atoms with Crippen LogP contribution in [0, 0.1) is 0 Å². The average Bonchev–Trinajstić information content (AvgIpc) is 2.84. The minimum Gasteiger partial charge on any atom is -0.458 e. The summed E-state index contributed by atoms with van der Waals surface area (Å²) >= 11 is 0. The van der Waals surface area contributed by atoms with E-state index in [0.717, 1.165) is 26.2 Å². The zero-order valence-electron chi connectivity index (χ0n) is 10.4. The molecule has 0 aliphatic carbocycles. The molecule has 1 unspecified atom stereocenters. The van der Waals surface area contributed by atoms with Crippen LogP contribution in [0.5, 0.6) is 0 Å². The molecule has 5 heteroatoms. The van der Waals surface area contributed by atoms with Crippen molar-refractivity contribution in [3.8, 4) is 0 Å². The van der Waals surface area contributed by atoms with Crippen LogP contribution < -0.4 is 0 Å². The third kappa shape index (κ3) is 7.24. The molecule has 0 aromatic heterocycles. The van der Waals surface area contributed by atoms with Crippen LogP contribution in [0.3, 0.4) is 0 Å². The number of hydrogen-bond donors (Lipinski definition) is 0. The van der Waals surface area contributed by atoms with Gasteiger partial charge in [0.2, 0.25) is 0 Å². The third-order valence-electron chi connectivity index (χ3n) is 2.33. The first-order chi connectivity index (χ1) is 6.99. The molecule has 3 nitrogen and oxygen atoms in total. The second-order valence-corrected chi connectivity index (χ2v) is 12.1. The fourth-order valence-electron chi connectivity index (χ4n) is 1.68. The smallest absolute Gasteiger partial charge is 0.173 e. The zero-order valence-corrected chi connectivity index (χ0v) is 12.6. The fourth-order valence-corrected chi connectivity index (χ4v) is 8.25. The van der Waals surface area contributed by atoms with Crippen molar-refractivity contribution >= 4 is 17.4 Å². The van der Waals surface area contributed by atoms with Gasteiger partial charge < -0.3 is 13.6 Å². The quantitative estimate of drug-likeness (QED) is 0.374. The molecule has 1 aliphatic heterocycles. The van der Waals surface area contributed by atoms with Crippen LogP contribution in [-0.2, 0) is 13.6 Å². The van der Waals surface area contributed by atoms with Crippen LogP contribution >= 0.6 is 0 Å². The Balaban J connectivity index is 1.96. The minimum absolute atomic E-state index is 0.398. The third-order valence-corrected chi connectivity index (χ3v) is 8.32. The zero-order chi connectivity index (χ0) is 11.3. The number of hydrogen-bond acceptors (Lipinski definition) is 3. The van der Waals surface area contributed by atoms with Gasteiger partial charge in [0.25, 0.3) is 0 Å². The van der Waals surface area contributed by atoms with Crippen LogP contribution in [-0.4, -0.2) is 43.3 Å². The summed E-state index contributed by atoms with van der Waals surface area (Å²) in [5.41, 5.74) is 0. The maximum Gasteiger partial charge on any atom is 0.173 e. The molecular weight excluding hydrogens is 224 g/mol. The first-order valence-corrected chi connectivity index (χ1v) is 11.8. The Bertz CT molecular complexity index is 182. The van der Waals surface area contributed by atoms with Crippen LogP contribution in [0.25, 0.3) is 0 Å². The van der Waals surface area contributed by atoms with E-state index in [2.05, 4.69) is 26.2 Å². The summed E-state index contributed by atoms with van der Waals surface area (Å²) in [5.74, 6) is 0. The molecule has 1 aliphatic rings. The molecule has 0 spiro atoms. The van der Waals surface area contributed by atoms with Crippen molar-refractivity contribution in [3.63, 3.8) is 0 Å². The lowest BCUT2D eigenvalue weighted by Crippen LogP contribution is -2.35. The van der Waals surface area contributed by atoms with E-state index in [9.17, 15) is 0 Å². The van der Waals surface area contributed by atoms with Gasteiger partial charge in [0, 0.05) is 6.61 Å². The lowest BCUT2D eigenvalue weighted by Gasteiger charge is -2.25. The van der Waals surface area contributed by atoms with Gasteiger partial charge in [0.15, 0.2) is 17.4 Å². The predicted molar refractivity (Wildman–Crippen MR) is 67.4 cm³/mol. The Hall–Kier alpha value is 0.314. The van der Waals surface area contributed by atoms with Gasteiger partial charge >= 0.3 is 0 Å². The molecule has 15 heavy (non-hydrogen) atoms. The molecule has 1 fully saturated rings. The van der Waals surface area contributed by atoms with E-state index in [1.54, 1.807) is 0 Å². The summed E-state index contributed by atoms with van der Waals surface area (Å²) in [7, 11) is -2.24. The predicted octanol–water partition coefficient (Wildman–Crippen LogP) is 2.00. The van der Waals surface area contributed by atoms with E-state index in [4.69, 9.17) is 13.6 Å². The highest BCUT2D eigenvalue weighted by Gasteiger charge is 2.24. The van der Waals surface area contributed by atoms with Gasteiger partial charge in [0.1, 0.15) is 6.10 Å². The Morgan fingerprint density at radius 3 is 2.60 bits per heavy atom. The minimum atomic E-state index is -1.38. The Kier molecular flexibility index (Phi) is 5.48. The van der Waals surface area contributed by atoms with E-state index in [0.29, 0.717) is 6.10 Å². The molecule has 0 aromatic carbocycles. The topological polar surface area (TPSA) is 31.0 Å². The molecule has 1 atom stereocenters. The highest BCUT2D eigenvalue weighted by molar-refractivity contribution is 6.77. The largest absolute Gasteiger partial charge is 0.458 e. The van der Waals surface area contributed by atoms with Crippen molar-refractivity contribution in [2.75, 3.05) is 19.8 Å². The molecular formula is C10H24O3Si2. The monoisotopic (exact) mass is 248 g/mol. The van der Waals surface area contributed by atoms with E-state index in [1.807, 2.05) is 0 Å². The van der Waals surface area contributed by atoms with E-state index < -0.39 is 17.4 Å². The molecule has 1 heterocycles. The summed E-state index contributed by atoms with van der Waals surface area (Å²) in [5, 5.41) is 0. The maximum absolute atomic E-state index is 6.08. The van der Waals surface area contributed by atoms with Crippen LogP contribution in [0.15, 0.2) is 0 Å². The summed E-state index contributed by atoms with van der Waals surface area (Å²) in [6.45, 7) is 11.6. The van der Waals surface area contributed by atoms with Crippen LogP contribution in [0.4, 0.5) is 0 Å². The van der Waals surface area contributed by atoms with Crippen molar-refractivity contribution in [3.05, 3.63) is 0 Å². The lowest BCUT2D eigenvalue weighted by atomic mass is 10.5. The fraction of sp³-hybridized carbons (Fsp3) is 1.00. The molecule has 0 saturated carbocycles. The first-order valence-electron chi connectivity index (χ1n) is 5.87. The maximum atomic E-state index is 6.08. The normalized spacial score (nSPS) is 21.0. The molecule has 0 aromatic rings. The molecule has 0 N–H and O–H groups in total. The van der Waals surface area contributed by atoms with Gasteiger partial charge in [-0.3, -0.25) is 0 Å². The van der Waals surface area contributed by atoms with Gasteiger partial charge in [0.05, 0.1) is 13.2 Å². The SMILES string of the molecule is C[SiH](C)O[Si](C)(C)CCCOCC1CO1. The Labute approximate surface area is 96.0 Å². The molecule has 1 saturated heterocycles. The van der Waals surface area contributed by atoms with E-state index in [1.165, 1.54) is 6.04 Å². The highest BCUT2D eigenvalue weighted by Crippen LogP contribution is 2.15. The molecule has 90 valence electrons. The van der Waals surface area contributed by atoms with Gasteiger partial charge in [-0.15, -0.1) is 0 Å². The Morgan fingerprint density at radius 1 is 1.40 bits per heavy atom. The van der Waals surface area contributed by atoms with Crippen molar-refractivity contribution < 1.29 is 13.6 Å². The van der Waals surface area contributed by atoms with Crippen molar-refractivity contribution in [1.82, 2.24) is 0 Å². The standard InChI is InChI=1S/C10H24O3Si2/c1-14(2)13-15(3,4)7-5-6-11-8-10-9-12-10/h10,14H,5-9H2,1-4H3. The Morgan fingerprint density at radius 2 is 2.07 bits per heavy atom. The van der Waals surface area contributed by atoms with Crippen molar-refractivity contribution in [2.45, 2.75) is 44.8 Å². The molecule has 0 amide bonds. The number of ether oxygens (including phenoxy) is 2.